The van der Waals surface area contributed by atoms with Gasteiger partial charge in [0.25, 0.3) is 0 Å². The molecule has 1 aromatic carbocycles. The van der Waals surface area contributed by atoms with Crippen molar-refractivity contribution in [3.63, 3.8) is 0 Å². The number of hydrogen-bond acceptors (Lipinski definition) is 3. The Morgan fingerprint density at radius 2 is 2.11 bits per heavy atom. The molecule has 2 N–H and O–H groups in total. The predicted molar refractivity (Wildman–Crippen MR) is 76.9 cm³/mol. The summed E-state index contributed by atoms with van der Waals surface area (Å²) >= 11 is 0. The van der Waals surface area contributed by atoms with Gasteiger partial charge in [0.1, 0.15) is 5.82 Å². The zero-order valence-electron chi connectivity index (χ0n) is 11.9. The van der Waals surface area contributed by atoms with Crippen LogP contribution in [0.5, 0.6) is 0 Å². The van der Waals surface area contributed by atoms with Crippen molar-refractivity contribution >= 4 is 17.0 Å². The Hall–Kier alpha value is -1.62. The fourth-order valence-electron chi connectivity index (χ4n) is 2.04. The molecular formula is C14H21FN4. The van der Waals surface area contributed by atoms with E-state index in [1.807, 2.05) is 14.1 Å². The van der Waals surface area contributed by atoms with Crippen LogP contribution in [0.4, 0.5) is 10.3 Å². The van der Waals surface area contributed by atoms with Crippen molar-refractivity contribution in [2.24, 2.45) is 5.92 Å². The molecular weight excluding hydrogens is 243 g/mol. The maximum Gasteiger partial charge on any atom is 0.201 e. The van der Waals surface area contributed by atoms with Crippen molar-refractivity contribution in [2.75, 3.05) is 26.0 Å². The lowest BCUT2D eigenvalue weighted by molar-refractivity contribution is 0.344. The molecule has 1 heterocycles. The molecule has 0 aliphatic heterocycles. The highest BCUT2D eigenvalue weighted by atomic mass is 19.1. The van der Waals surface area contributed by atoms with E-state index in [9.17, 15) is 4.39 Å². The van der Waals surface area contributed by atoms with Gasteiger partial charge in [0.2, 0.25) is 5.95 Å². The third-order valence-corrected chi connectivity index (χ3v) is 3.13. The van der Waals surface area contributed by atoms with Crippen LogP contribution >= 0.6 is 0 Å². The fourth-order valence-corrected chi connectivity index (χ4v) is 2.04. The van der Waals surface area contributed by atoms with Crippen LogP contribution in [0.1, 0.15) is 13.8 Å². The third kappa shape index (κ3) is 3.44. The monoisotopic (exact) mass is 264 g/mol. The van der Waals surface area contributed by atoms with Gasteiger partial charge in [-0.15, -0.1) is 0 Å². The van der Waals surface area contributed by atoms with E-state index in [2.05, 4.69) is 34.0 Å². The van der Waals surface area contributed by atoms with Gasteiger partial charge in [0, 0.05) is 12.6 Å². The summed E-state index contributed by atoms with van der Waals surface area (Å²) < 4.78 is 13.1. The summed E-state index contributed by atoms with van der Waals surface area (Å²) in [7, 11) is 4.09. The zero-order valence-corrected chi connectivity index (χ0v) is 11.9. The van der Waals surface area contributed by atoms with Crippen molar-refractivity contribution < 1.29 is 4.39 Å². The number of anilines is 1. The number of aromatic nitrogens is 2. The Bertz CT molecular complexity index is 547. The first-order valence-electron chi connectivity index (χ1n) is 6.52. The standard InChI is InChI=1S/C14H21FN4/c1-9(2)13(8-19(3)4)18-14-16-11-6-5-10(15)7-12(11)17-14/h5-7,9,13H,8H2,1-4H3,(H2,16,17,18). The second-order valence-electron chi connectivity index (χ2n) is 5.50. The maximum absolute atomic E-state index is 13.1. The highest BCUT2D eigenvalue weighted by Crippen LogP contribution is 2.17. The number of benzene rings is 1. The Morgan fingerprint density at radius 1 is 1.37 bits per heavy atom. The summed E-state index contributed by atoms with van der Waals surface area (Å²) in [5, 5.41) is 3.39. The number of nitrogens with one attached hydrogen (secondary N) is 2. The largest absolute Gasteiger partial charge is 0.352 e. The lowest BCUT2D eigenvalue weighted by Gasteiger charge is -2.25. The third-order valence-electron chi connectivity index (χ3n) is 3.13. The van der Waals surface area contributed by atoms with Gasteiger partial charge in [0.15, 0.2) is 0 Å². The molecule has 0 spiro atoms. The number of fused-ring (bicyclic) bond motifs is 1. The molecule has 0 saturated heterocycles. The molecule has 0 radical (unpaired) electrons. The van der Waals surface area contributed by atoms with Crippen molar-refractivity contribution in [3.05, 3.63) is 24.0 Å². The minimum absolute atomic E-state index is 0.253. The maximum atomic E-state index is 13.1. The van der Waals surface area contributed by atoms with Crippen LogP contribution < -0.4 is 5.32 Å². The fraction of sp³-hybridized carbons (Fsp3) is 0.500. The molecule has 1 atom stereocenters. The lowest BCUT2D eigenvalue weighted by Crippen LogP contribution is -2.36. The Labute approximate surface area is 113 Å². The van der Waals surface area contributed by atoms with Crippen molar-refractivity contribution in [1.29, 1.82) is 0 Å². The van der Waals surface area contributed by atoms with Crippen LogP contribution in [0, 0.1) is 11.7 Å². The highest BCUT2D eigenvalue weighted by molar-refractivity contribution is 5.77. The molecule has 104 valence electrons. The van der Waals surface area contributed by atoms with Gasteiger partial charge >= 0.3 is 0 Å². The molecule has 0 bridgehead atoms. The molecule has 4 nitrogen and oxygen atoms in total. The number of aromatic amines is 1. The average Bonchev–Trinajstić information content (AvgIpc) is 2.68. The second kappa shape index (κ2) is 5.57. The number of likely N-dealkylation sites (N-methyl/N-ethyl adjacent to an activating group) is 1. The first-order valence-corrected chi connectivity index (χ1v) is 6.52. The number of H-pyrrole nitrogens is 1. The summed E-state index contributed by atoms with van der Waals surface area (Å²) in [5.74, 6) is 0.921. The van der Waals surface area contributed by atoms with E-state index in [1.165, 1.54) is 12.1 Å². The molecule has 0 aliphatic rings. The molecule has 1 unspecified atom stereocenters. The van der Waals surface area contributed by atoms with Gasteiger partial charge in [-0.2, -0.15) is 0 Å². The minimum Gasteiger partial charge on any atom is -0.352 e. The number of halogens is 1. The van der Waals surface area contributed by atoms with Crippen molar-refractivity contribution in [2.45, 2.75) is 19.9 Å². The van der Waals surface area contributed by atoms with Crippen LogP contribution in [-0.4, -0.2) is 41.5 Å². The molecule has 2 aromatic rings. The summed E-state index contributed by atoms with van der Waals surface area (Å²) in [4.78, 5) is 9.68. The molecule has 0 aliphatic carbocycles. The quantitative estimate of drug-likeness (QED) is 0.872. The minimum atomic E-state index is -0.253. The van der Waals surface area contributed by atoms with Gasteiger partial charge < -0.3 is 15.2 Å². The van der Waals surface area contributed by atoms with Gasteiger partial charge in [0.05, 0.1) is 11.0 Å². The molecule has 5 heteroatoms. The number of nitrogens with zero attached hydrogens (tertiary/aromatic N) is 2. The predicted octanol–water partition coefficient (Wildman–Crippen LogP) is 2.70. The van der Waals surface area contributed by atoms with E-state index in [4.69, 9.17) is 0 Å². The lowest BCUT2D eigenvalue weighted by atomic mass is 10.0. The molecule has 0 saturated carbocycles. The number of hydrogen-bond donors (Lipinski definition) is 2. The molecule has 1 aromatic heterocycles. The normalized spacial score (nSPS) is 13.4. The first kappa shape index (κ1) is 13.8. The van der Waals surface area contributed by atoms with Gasteiger partial charge in [-0.1, -0.05) is 13.8 Å². The van der Waals surface area contributed by atoms with Crippen LogP contribution in [-0.2, 0) is 0 Å². The topological polar surface area (TPSA) is 44.0 Å². The second-order valence-corrected chi connectivity index (χ2v) is 5.50. The first-order chi connectivity index (χ1) is 8.95. The van der Waals surface area contributed by atoms with Crippen molar-refractivity contribution in [1.82, 2.24) is 14.9 Å². The van der Waals surface area contributed by atoms with Crippen LogP contribution in [0.2, 0.25) is 0 Å². The smallest absolute Gasteiger partial charge is 0.201 e. The average molecular weight is 264 g/mol. The Morgan fingerprint density at radius 3 is 2.74 bits per heavy atom. The van der Waals surface area contributed by atoms with E-state index in [-0.39, 0.29) is 5.82 Å². The molecule has 0 fully saturated rings. The zero-order chi connectivity index (χ0) is 14.0. The van der Waals surface area contributed by atoms with Gasteiger partial charge in [-0.05, 0) is 38.2 Å². The molecule has 0 amide bonds. The molecule has 19 heavy (non-hydrogen) atoms. The van der Waals surface area contributed by atoms with E-state index in [0.717, 1.165) is 17.6 Å². The van der Waals surface area contributed by atoms with E-state index < -0.39 is 0 Å². The number of imidazole rings is 1. The van der Waals surface area contributed by atoms with Gasteiger partial charge in [-0.3, -0.25) is 0 Å². The Kier molecular flexibility index (Phi) is 4.04. The van der Waals surface area contributed by atoms with Gasteiger partial charge in [-0.25, -0.2) is 9.37 Å². The summed E-state index contributed by atoms with van der Waals surface area (Å²) in [6.45, 7) is 5.26. The highest BCUT2D eigenvalue weighted by Gasteiger charge is 2.15. The van der Waals surface area contributed by atoms with Crippen molar-refractivity contribution in [3.8, 4) is 0 Å². The summed E-state index contributed by atoms with van der Waals surface area (Å²) in [5.41, 5.74) is 1.49. The summed E-state index contributed by atoms with van der Waals surface area (Å²) in [6.07, 6.45) is 0. The van der Waals surface area contributed by atoms with Crippen LogP contribution in [0.25, 0.3) is 11.0 Å². The van der Waals surface area contributed by atoms with Crippen LogP contribution in [0.15, 0.2) is 18.2 Å². The van der Waals surface area contributed by atoms with E-state index in [1.54, 1.807) is 6.07 Å². The summed E-state index contributed by atoms with van der Waals surface area (Å²) in [6, 6.07) is 4.86. The van der Waals surface area contributed by atoms with E-state index in [0.29, 0.717) is 17.9 Å². The Balaban J connectivity index is 2.19. The number of rotatable bonds is 5. The molecule has 2 rings (SSSR count). The van der Waals surface area contributed by atoms with E-state index >= 15 is 0 Å². The van der Waals surface area contributed by atoms with Crippen LogP contribution in [0.3, 0.4) is 0 Å². The SMILES string of the molecule is CC(C)C(CN(C)C)Nc1nc2ccc(F)cc2[nH]1.